The first-order valence-corrected chi connectivity index (χ1v) is 10.6. The molecular weight excluding hydrogens is 407 g/mol. The van der Waals surface area contributed by atoms with Crippen molar-refractivity contribution in [1.29, 1.82) is 0 Å². The van der Waals surface area contributed by atoms with E-state index < -0.39 is 11.4 Å². The summed E-state index contributed by atoms with van der Waals surface area (Å²) in [5, 5.41) is 13.2. The molecular formula is C21H25FN4O3S. The number of hydrogen-bond donors (Lipinski definition) is 2. The van der Waals surface area contributed by atoms with Gasteiger partial charge in [0.15, 0.2) is 5.13 Å². The summed E-state index contributed by atoms with van der Waals surface area (Å²) in [6, 6.07) is 7.11. The first-order chi connectivity index (χ1) is 14.3. The third kappa shape index (κ3) is 3.99. The first-order valence-electron chi connectivity index (χ1n) is 9.81. The summed E-state index contributed by atoms with van der Waals surface area (Å²) in [7, 11) is 1.61. The Kier molecular flexibility index (Phi) is 5.42. The highest BCUT2D eigenvalue weighted by molar-refractivity contribution is 7.15. The maximum atomic E-state index is 14.1. The molecule has 0 unspecified atom stereocenters. The van der Waals surface area contributed by atoms with E-state index in [1.165, 1.54) is 6.07 Å². The third-order valence-electron chi connectivity index (χ3n) is 5.49. The number of carbonyl (C=O) groups is 1. The maximum absolute atomic E-state index is 14.1. The van der Waals surface area contributed by atoms with Gasteiger partial charge in [0.1, 0.15) is 16.6 Å². The van der Waals surface area contributed by atoms with Crippen LogP contribution >= 0.6 is 11.3 Å². The van der Waals surface area contributed by atoms with Gasteiger partial charge >= 0.3 is 5.97 Å². The molecule has 1 fully saturated rings. The maximum Gasteiger partial charge on any atom is 0.310 e. The van der Waals surface area contributed by atoms with Crippen LogP contribution in [0.25, 0.3) is 0 Å². The number of halogens is 1. The van der Waals surface area contributed by atoms with Crippen LogP contribution in [-0.2, 0) is 4.79 Å². The number of amidine groups is 1. The van der Waals surface area contributed by atoms with Crippen LogP contribution in [0.3, 0.4) is 0 Å². The van der Waals surface area contributed by atoms with Gasteiger partial charge in [-0.25, -0.2) is 4.99 Å². The second-order valence-electron chi connectivity index (χ2n) is 8.19. The molecule has 0 radical (unpaired) electrons. The predicted molar refractivity (Wildman–Crippen MR) is 116 cm³/mol. The molecule has 1 saturated heterocycles. The van der Waals surface area contributed by atoms with E-state index in [9.17, 15) is 14.3 Å². The average Bonchev–Trinajstić information content (AvgIpc) is 3.00. The van der Waals surface area contributed by atoms with E-state index in [1.807, 2.05) is 18.2 Å². The van der Waals surface area contributed by atoms with Crippen LogP contribution < -0.4 is 10.1 Å². The van der Waals surface area contributed by atoms with Gasteiger partial charge < -0.3 is 20.1 Å². The van der Waals surface area contributed by atoms with Crippen LogP contribution in [0.1, 0.15) is 19.4 Å². The fraction of sp³-hybridized carbons (Fsp3) is 0.429. The largest absolute Gasteiger partial charge is 0.497 e. The minimum Gasteiger partial charge on any atom is -0.497 e. The number of aliphatic imine (C=N–C) groups is 1. The Morgan fingerprint density at radius 3 is 2.70 bits per heavy atom. The van der Waals surface area contributed by atoms with Gasteiger partial charge in [0.05, 0.1) is 29.5 Å². The van der Waals surface area contributed by atoms with Gasteiger partial charge in [0.25, 0.3) is 0 Å². The van der Waals surface area contributed by atoms with Gasteiger partial charge in [-0.2, -0.15) is 4.39 Å². The molecule has 0 atom stereocenters. The van der Waals surface area contributed by atoms with Crippen molar-refractivity contribution in [2.24, 2.45) is 10.4 Å². The molecule has 7 nitrogen and oxygen atoms in total. The van der Waals surface area contributed by atoms with Gasteiger partial charge in [0, 0.05) is 38.8 Å². The summed E-state index contributed by atoms with van der Waals surface area (Å²) in [6.45, 7) is 6.78. The lowest BCUT2D eigenvalue weighted by Crippen LogP contribution is -2.52. The average molecular weight is 433 g/mol. The molecule has 4 rings (SSSR count). The monoisotopic (exact) mass is 432 g/mol. The highest BCUT2D eigenvalue weighted by Gasteiger charge is 2.32. The normalized spacial score (nSPS) is 16.8. The molecule has 3 heterocycles. The Morgan fingerprint density at radius 2 is 2.03 bits per heavy atom. The number of benzene rings is 1. The van der Waals surface area contributed by atoms with Crippen LogP contribution in [0, 0.1) is 10.5 Å². The van der Waals surface area contributed by atoms with Crippen molar-refractivity contribution in [3.8, 4) is 5.75 Å². The highest BCUT2D eigenvalue weighted by Crippen LogP contribution is 2.40. The quantitative estimate of drug-likeness (QED) is 0.766. The van der Waals surface area contributed by atoms with Crippen LogP contribution in [0.2, 0.25) is 0 Å². The van der Waals surface area contributed by atoms with Crippen molar-refractivity contribution in [1.82, 2.24) is 9.80 Å². The standard InChI is InChI=1S/C21H25FN4O3S/c1-21(2,20(27)28)12-25-6-8-26(9-7-25)18-14-11-17(22)30-19(14)24-15-5-4-13(29-3)10-16(15)23-18/h4-5,10-11,24H,6-9,12H2,1-3H3,(H,27,28). The zero-order valence-corrected chi connectivity index (χ0v) is 18.1. The number of nitrogens with one attached hydrogen (secondary N) is 1. The van der Waals surface area contributed by atoms with Gasteiger partial charge in [-0.3, -0.25) is 9.69 Å². The lowest BCUT2D eigenvalue weighted by Gasteiger charge is -2.38. The van der Waals surface area contributed by atoms with Gasteiger partial charge in [0.2, 0.25) is 0 Å². The van der Waals surface area contributed by atoms with E-state index in [-0.39, 0.29) is 5.13 Å². The van der Waals surface area contributed by atoms with E-state index in [2.05, 4.69) is 15.1 Å². The van der Waals surface area contributed by atoms with Crippen molar-refractivity contribution < 1.29 is 19.0 Å². The summed E-state index contributed by atoms with van der Waals surface area (Å²) >= 11 is 1.06. The SMILES string of the molecule is COc1ccc2c(c1)N=C(N1CCN(CC(C)(C)C(=O)O)CC1)c1cc(F)sc1N2. The first kappa shape index (κ1) is 20.6. The number of fused-ring (bicyclic) bond motifs is 2. The molecule has 0 spiro atoms. The number of carboxylic acid groups (broad SMARTS) is 1. The number of methoxy groups -OCH3 is 1. The Bertz CT molecular complexity index is 996. The molecule has 0 amide bonds. The second kappa shape index (κ2) is 7.88. The zero-order valence-electron chi connectivity index (χ0n) is 17.2. The van der Waals surface area contributed by atoms with E-state index in [0.717, 1.165) is 52.2 Å². The molecule has 0 aliphatic carbocycles. The number of rotatable bonds is 4. The molecule has 30 heavy (non-hydrogen) atoms. The summed E-state index contributed by atoms with van der Waals surface area (Å²) < 4.78 is 19.4. The number of thiophene rings is 1. The fourth-order valence-corrected chi connectivity index (χ4v) is 4.53. The predicted octanol–water partition coefficient (Wildman–Crippen LogP) is 3.76. The molecule has 1 aromatic carbocycles. The summed E-state index contributed by atoms with van der Waals surface area (Å²) in [5.74, 6) is 0.630. The van der Waals surface area contributed by atoms with Crippen molar-refractivity contribution in [3.63, 3.8) is 0 Å². The highest BCUT2D eigenvalue weighted by atomic mass is 32.1. The lowest BCUT2D eigenvalue weighted by atomic mass is 9.93. The molecule has 160 valence electrons. The molecule has 0 bridgehead atoms. The van der Waals surface area contributed by atoms with Crippen LogP contribution in [0.15, 0.2) is 29.3 Å². The van der Waals surface area contributed by atoms with E-state index >= 15 is 0 Å². The molecule has 2 aliphatic rings. The van der Waals surface area contributed by atoms with Crippen molar-refractivity contribution in [3.05, 3.63) is 35.0 Å². The van der Waals surface area contributed by atoms with Crippen molar-refractivity contribution in [2.75, 3.05) is 45.2 Å². The molecule has 2 aromatic rings. The zero-order chi connectivity index (χ0) is 21.5. The third-order valence-corrected chi connectivity index (χ3v) is 6.33. The molecule has 0 saturated carbocycles. The Hall–Kier alpha value is -2.65. The minimum atomic E-state index is -0.801. The lowest BCUT2D eigenvalue weighted by molar-refractivity contribution is -0.148. The Balaban J connectivity index is 1.60. The number of aliphatic carboxylic acids is 1. The Morgan fingerprint density at radius 1 is 1.30 bits per heavy atom. The molecule has 2 N–H and O–H groups in total. The van der Waals surface area contributed by atoms with Gasteiger partial charge in [-0.15, -0.1) is 0 Å². The summed E-state index contributed by atoms with van der Waals surface area (Å²) in [6.07, 6.45) is 0. The summed E-state index contributed by atoms with van der Waals surface area (Å²) in [5.41, 5.74) is 1.48. The number of anilines is 2. The van der Waals surface area contributed by atoms with E-state index in [0.29, 0.717) is 25.4 Å². The number of hydrogen-bond acceptors (Lipinski definition) is 7. The van der Waals surface area contributed by atoms with E-state index in [4.69, 9.17) is 9.73 Å². The van der Waals surface area contributed by atoms with E-state index in [1.54, 1.807) is 21.0 Å². The smallest absolute Gasteiger partial charge is 0.310 e. The second-order valence-corrected chi connectivity index (χ2v) is 9.19. The van der Waals surface area contributed by atoms with Crippen molar-refractivity contribution >= 4 is 39.5 Å². The van der Waals surface area contributed by atoms with Crippen LogP contribution in [-0.4, -0.2) is 66.5 Å². The number of piperazine rings is 1. The Labute approximate surface area is 178 Å². The summed E-state index contributed by atoms with van der Waals surface area (Å²) in [4.78, 5) is 20.6. The molecule has 9 heteroatoms. The number of carboxylic acids is 1. The van der Waals surface area contributed by atoms with Crippen molar-refractivity contribution in [2.45, 2.75) is 13.8 Å². The molecule has 2 aliphatic heterocycles. The molecule has 1 aromatic heterocycles. The van der Waals surface area contributed by atoms with Gasteiger partial charge in [-0.1, -0.05) is 11.3 Å². The van der Waals surface area contributed by atoms with Crippen LogP contribution in [0.5, 0.6) is 5.75 Å². The van der Waals surface area contributed by atoms with Gasteiger partial charge in [-0.05, 0) is 32.0 Å². The minimum absolute atomic E-state index is 0.265. The number of nitrogens with zero attached hydrogens (tertiary/aromatic N) is 3. The fourth-order valence-electron chi connectivity index (χ4n) is 3.74. The number of ether oxygens (including phenoxy) is 1. The topological polar surface area (TPSA) is 77.4 Å². The van der Waals surface area contributed by atoms with Crippen LogP contribution in [0.4, 0.5) is 20.8 Å².